The standard InChI is InChI=1S/C13H17BrFN/c1-13(5-2-6-13)9-16-8-10-3-4-12(15)11(14)7-10/h3-4,7,16H,2,5-6,8-9H2,1H3. The van der Waals surface area contributed by atoms with Crippen molar-refractivity contribution in [3.63, 3.8) is 0 Å². The van der Waals surface area contributed by atoms with Crippen LogP contribution in [0.3, 0.4) is 0 Å². The Morgan fingerprint density at radius 3 is 2.75 bits per heavy atom. The second-order valence-corrected chi connectivity index (χ2v) is 5.87. The molecule has 88 valence electrons. The summed E-state index contributed by atoms with van der Waals surface area (Å²) in [6.07, 6.45) is 4.01. The van der Waals surface area contributed by atoms with Gasteiger partial charge in [0.1, 0.15) is 5.82 Å². The summed E-state index contributed by atoms with van der Waals surface area (Å²) in [5.74, 6) is -0.199. The highest BCUT2D eigenvalue weighted by Crippen LogP contribution is 2.39. The molecule has 0 aliphatic heterocycles. The van der Waals surface area contributed by atoms with E-state index in [2.05, 4.69) is 28.2 Å². The normalized spacial score (nSPS) is 18.2. The molecule has 2 rings (SSSR count). The van der Waals surface area contributed by atoms with E-state index in [0.717, 1.165) is 18.7 Å². The van der Waals surface area contributed by atoms with Crippen molar-refractivity contribution in [3.8, 4) is 0 Å². The Hall–Kier alpha value is -0.410. The molecule has 0 heterocycles. The lowest BCUT2D eigenvalue weighted by Gasteiger charge is -2.38. The Kier molecular flexibility index (Phi) is 3.65. The van der Waals surface area contributed by atoms with E-state index in [1.165, 1.54) is 25.3 Å². The van der Waals surface area contributed by atoms with E-state index in [9.17, 15) is 4.39 Å². The Morgan fingerprint density at radius 1 is 1.44 bits per heavy atom. The summed E-state index contributed by atoms with van der Waals surface area (Å²) >= 11 is 3.20. The number of hydrogen-bond acceptors (Lipinski definition) is 1. The van der Waals surface area contributed by atoms with Gasteiger partial charge in [-0.05, 0) is 51.9 Å². The molecule has 16 heavy (non-hydrogen) atoms. The largest absolute Gasteiger partial charge is 0.312 e. The van der Waals surface area contributed by atoms with E-state index in [0.29, 0.717) is 9.89 Å². The molecule has 0 saturated heterocycles. The summed E-state index contributed by atoms with van der Waals surface area (Å²) in [6, 6.07) is 5.17. The molecule has 1 saturated carbocycles. The maximum absolute atomic E-state index is 13.0. The monoisotopic (exact) mass is 285 g/mol. The SMILES string of the molecule is CC1(CNCc2ccc(F)c(Br)c2)CCC1. The van der Waals surface area contributed by atoms with Crippen LogP contribution in [-0.2, 0) is 6.54 Å². The molecule has 3 heteroatoms. The minimum atomic E-state index is -0.199. The van der Waals surface area contributed by atoms with Gasteiger partial charge in [0, 0.05) is 13.1 Å². The van der Waals surface area contributed by atoms with E-state index in [4.69, 9.17) is 0 Å². The van der Waals surface area contributed by atoms with Crippen molar-refractivity contribution in [2.45, 2.75) is 32.7 Å². The van der Waals surface area contributed by atoms with E-state index < -0.39 is 0 Å². The summed E-state index contributed by atoms with van der Waals surface area (Å²) in [5.41, 5.74) is 1.62. The second-order valence-electron chi connectivity index (χ2n) is 5.02. The van der Waals surface area contributed by atoms with Crippen LogP contribution in [-0.4, -0.2) is 6.54 Å². The molecule has 0 unspecified atom stereocenters. The molecule has 1 aliphatic rings. The van der Waals surface area contributed by atoms with Gasteiger partial charge in [-0.2, -0.15) is 0 Å². The number of benzene rings is 1. The maximum atomic E-state index is 13.0. The highest BCUT2D eigenvalue weighted by Gasteiger charge is 2.30. The Labute approximate surface area is 105 Å². The molecule has 1 aliphatic carbocycles. The van der Waals surface area contributed by atoms with E-state index >= 15 is 0 Å². The van der Waals surface area contributed by atoms with Gasteiger partial charge in [0.15, 0.2) is 0 Å². The fourth-order valence-electron chi connectivity index (χ4n) is 2.12. The molecule has 1 aromatic carbocycles. The zero-order valence-electron chi connectivity index (χ0n) is 9.52. The molecule has 1 N–H and O–H groups in total. The fourth-order valence-corrected chi connectivity index (χ4v) is 2.54. The van der Waals surface area contributed by atoms with E-state index in [1.54, 1.807) is 0 Å². The molecule has 1 fully saturated rings. The number of rotatable bonds is 4. The third kappa shape index (κ3) is 2.83. The summed E-state index contributed by atoms with van der Waals surface area (Å²) in [7, 11) is 0. The zero-order chi connectivity index (χ0) is 11.6. The van der Waals surface area contributed by atoms with Gasteiger partial charge in [-0.15, -0.1) is 0 Å². The Morgan fingerprint density at radius 2 is 2.19 bits per heavy atom. The van der Waals surface area contributed by atoms with Gasteiger partial charge in [-0.3, -0.25) is 0 Å². The first-order chi connectivity index (χ1) is 7.59. The van der Waals surface area contributed by atoms with Crippen LogP contribution in [0.15, 0.2) is 22.7 Å². The molecule has 0 radical (unpaired) electrons. The van der Waals surface area contributed by atoms with Crippen LogP contribution in [0.25, 0.3) is 0 Å². The first-order valence-electron chi connectivity index (χ1n) is 5.74. The van der Waals surface area contributed by atoms with E-state index in [-0.39, 0.29) is 5.82 Å². The highest BCUT2D eigenvalue weighted by molar-refractivity contribution is 9.10. The van der Waals surface area contributed by atoms with E-state index in [1.807, 2.05) is 12.1 Å². The van der Waals surface area contributed by atoms with Crippen molar-refractivity contribution in [1.82, 2.24) is 5.32 Å². The van der Waals surface area contributed by atoms with Gasteiger partial charge in [0.05, 0.1) is 4.47 Å². The van der Waals surface area contributed by atoms with Crippen molar-refractivity contribution in [1.29, 1.82) is 0 Å². The van der Waals surface area contributed by atoms with Crippen LogP contribution in [0, 0.1) is 11.2 Å². The minimum absolute atomic E-state index is 0.199. The molecular formula is C13H17BrFN. The third-order valence-electron chi connectivity index (χ3n) is 3.43. The lowest BCUT2D eigenvalue weighted by atomic mass is 9.70. The molecule has 0 spiro atoms. The minimum Gasteiger partial charge on any atom is -0.312 e. The second kappa shape index (κ2) is 4.84. The average Bonchev–Trinajstić information content (AvgIpc) is 2.21. The Balaban J connectivity index is 1.83. The highest BCUT2D eigenvalue weighted by atomic mass is 79.9. The van der Waals surface area contributed by atoms with Gasteiger partial charge in [-0.25, -0.2) is 4.39 Å². The summed E-state index contributed by atoms with van der Waals surface area (Å²) in [5, 5.41) is 3.45. The third-order valence-corrected chi connectivity index (χ3v) is 4.03. The van der Waals surface area contributed by atoms with Crippen LogP contribution in [0.5, 0.6) is 0 Å². The molecule has 0 amide bonds. The van der Waals surface area contributed by atoms with Crippen LogP contribution in [0.1, 0.15) is 31.7 Å². The average molecular weight is 286 g/mol. The zero-order valence-corrected chi connectivity index (χ0v) is 11.1. The van der Waals surface area contributed by atoms with Crippen molar-refractivity contribution in [2.75, 3.05) is 6.54 Å². The summed E-state index contributed by atoms with van der Waals surface area (Å²) < 4.78 is 13.5. The first-order valence-corrected chi connectivity index (χ1v) is 6.53. The van der Waals surface area contributed by atoms with Gasteiger partial charge >= 0.3 is 0 Å². The van der Waals surface area contributed by atoms with Crippen molar-refractivity contribution >= 4 is 15.9 Å². The lowest BCUT2D eigenvalue weighted by molar-refractivity contribution is 0.156. The lowest BCUT2D eigenvalue weighted by Crippen LogP contribution is -2.36. The number of nitrogens with one attached hydrogen (secondary N) is 1. The summed E-state index contributed by atoms with van der Waals surface area (Å²) in [6.45, 7) is 4.19. The Bertz CT molecular complexity index is 374. The number of halogens is 2. The van der Waals surface area contributed by atoms with Gasteiger partial charge in [0.25, 0.3) is 0 Å². The van der Waals surface area contributed by atoms with Gasteiger partial charge < -0.3 is 5.32 Å². The maximum Gasteiger partial charge on any atom is 0.137 e. The van der Waals surface area contributed by atoms with Crippen LogP contribution in [0.2, 0.25) is 0 Å². The van der Waals surface area contributed by atoms with Crippen LogP contribution in [0.4, 0.5) is 4.39 Å². The molecule has 1 aromatic rings. The fraction of sp³-hybridized carbons (Fsp3) is 0.538. The molecular weight excluding hydrogens is 269 g/mol. The predicted octanol–water partition coefficient (Wildman–Crippen LogP) is 3.87. The van der Waals surface area contributed by atoms with Crippen molar-refractivity contribution in [3.05, 3.63) is 34.1 Å². The molecule has 1 nitrogen and oxygen atoms in total. The number of hydrogen-bond donors (Lipinski definition) is 1. The predicted molar refractivity (Wildman–Crippen MR) is 67.8 cm³/mol. The smallest absolute Gasteiger partial charge is 0.137 e. The summed E-state index contributed by atoms with van der Waals surface area (Å²) in [4.78, 5) is 0. The quantitative estimate of drug-likeness (QED) is 0.886. The first kappa shape index (κ1) is 12.1. The molecule has 0 bridgehead atoms. The molecule has 0 aromatic heterocycles. The van der Waals surface area contributed by atoms with Crippen molar-refractivity contribution in [2.24, 2.45) is 5.41 Å². The van der Waals surface area contributed by atoms with Crippen LogP contribution >= 0.6 is 15.9 Å². The van der Waals surface area contributed by atoms with Crippen molar-refractivity contribution < 1.29 is 4.39 Å². The van der Waals surface area contributed by atoms with Gasteiger partial charge in [-0.1, -0.05) is 19.4 Å². The van der Waals surface area contributed by atoms with Gasteiger partial charge in [0.2, 0.25) is 0 Å². The topological polar surface area (TPSA) is 12.0 Å². The van der Waals surface area contributed by atoms with Crippen LogP contribution < -0.4 is 5.32 Å². The molecule has 0 atom stereocenters.